The highest BCUT2D eigenvalue weighted by Gasteiger charge is 2.18. The van der Waals surface area contributed by atoms with E-state index in [4.69, 9.17) is 9.47 Å². The van der Waals surface area contributed by atoms with Crippen molar-refractivity contribution in [3.05, 3.63) is 0 Å². The molecule has 0 fully saturated rings. The number of esters is 2. The molecule has 0 aliphatic carbocycles. The van der Waals surface area contributed by atoms with Crippen molar-refractivity contribution in [3.8, 4) is 0 Å². The number of carbonyl (C=O) groups excluding carboxylic acids is 2. The third-order valence-corrected chi connectivity index (χ3v) is 4.41. The van der Waals surface area contributed by atoms with E-state index in [-0.39, 0.29) is 5.97 Å². The highest BCUT2D eigenvalue weighted by Crippen LogP contribution is 2.13. The number of rotatable bonds is 17. The average Bonchev–Trinajstić information content (AvgIpc) is 2.59. The van der Waals surface area contributed by atoms with Gasteiger partial charge in [0.1, 0.15) is 0 Å². The predicted molar refractivity (Wildman–Crippen MR) is 102 cm³/mol. The van der Waals surface area contributed by atoms with Crippen LogP contribution in [0, 0.1) is 0 Å². The summed E-state index contributed by atoms with van der Waals surface area (Å²) in [5.74, 6) is -0.773. The Morgan fingerprint density at radius 1 is 0.720 bits per heavy atom. The standard InChI is InChI=1S/C21H40O4/c1-4-6-7-8-9-10-11-12-13-14-15-16-17-18-20(22)25-19(3)21(23)24-5-2/h19H,4-18H2,1-3H3. The van der Waals surface area contributed by atoms with Gasteiger partial charge in [-0.05, 0) is 20.3 Å². The van der Waals surface area contributed by atoms with E-state index in [0.29, 0.717) is 13.0 Å². The fourth-order valence-electron chi connectivity index (χ4n) is 2.85. The Balaban J connectivity index is 3.32. The van der Waals surface area contributed by atoms with Crippen LogP contribution in [0.2, 0.25) is 0 Å². The summed E-state index contributed by atoms with van der Waals surface area (Å²) in [6.07, 6.45) is 16.2. The lowest BCUT2D eigenvalue weighted by molar-refractivity contribution is -0.166. The Hall–Kier alpha value is -1.06. The molecule has 25 heavy (non-hydrogen) atoms. The van der Waals surface area contributed by atoms with Gasteiger partial charge in [0, 0.05) is 6.42 Å². The van der Waals surface area contributed by atoms with Crippen LogP contribution in [-0.2, 0) is 19.1 Å². The van der Waals surface area contributed by atoms with Gasteiger partial charge < -0.3 is 9.47 Å². The van der Waals surface area contributed by atoms with Crippen molar-refractivity contribution in [2.24, 2.45) is 0 Å². The summed E-state index contributed by atoms with van der Waals surface area (Å²) in [4.78, 5) is 23.0. The molecule has 0 rings (SSSR count). The molecule has 0 aromatic rings. The summed E-state index contributed by atoms with van der Waals surface area (Å²) in [5.41, 5.74) is 0. The van der Waals surface area contributed by atoms with Gasteiger partial charge in [-0.15, -0.1) is 0 Å². The van der Waals surface area contributed by atoms with Crippen LogP contribution in [0.4, 0.5) is 0 Å². The molecule has 0 saturated carbocycles. The summed E-state index contributed by atoms with van der Waals surface area (Å²) in [7, 11) is 0. The second-order valence-corrected chi connectivity index (χ2v) is 6.88. The van der Waals surface area contributed by atoms with Gasteiger partial charge >= 0.3 is 11.9 Å². The summed E-state index contributed by atoms with van der Waals surface area (Å²) >= 11 is 0. The molecule has 1 unspecified atom stereocenters. The van der Waals surface area contributed by atoms with Gasteiger partial charge in [0.25, 0.3) is 0 Å². The van der Waals surface area contributed by atoms with Crippen molar-refractivity contribution in [1.29, 1.82) is 0 Å². The van der Waals surface area contributed by atoms with Crippen molar-refractivity contribution in [3.63, 3.8) is 0 Å². The molecular weight excluding hydrogens is 316 g/mol. The van der Waals surface area contributed by atoms with E-state index in [1.54, 1.807) is 13.8 Å². The number of hydrogen-bond acceptors (Lipinski definition) is 4. The minimum Gasteiger partial charge on any atom is -0.463 e. The highest BCUT2D eigenvalue weighted by molar-refractivity contribution is 5.78. The number of hydrogen-bond donors (Lipinski definition) is 0. The fraction of sp³-hybridized carbons (Fsp3) is 0.905. The van der Waals surface area contributed by atoms with Crippen LogP contribution >= 0.6 is 0 Å². The Morgan fingerprint density at radius 2 is 1.16 bits per heavy atom. The summed E-state index contributed by atoms with van der Waals surface area (Å²) in [6, 6.07) is 0. The quantitative estimate of drug-likeness (QED) is 0.238. The van der Waals surface area contributed by atoms with Crippen LogP contribution in [0.15, 0.2) is 0 Å². The van der Waals surface area contributed by atoms with E-state index >= 15 is 0 Å². The van der Waals surface area contributed by atoms with Crippen LogP contribution in [0.1, 0.15) is 111 Å². The lowest BCUT2D eigenvalue weighted by Gasteiger charge is -2.11. The maximum atomic E-state index is 11.6. The minimum atomic E-state index is -0.797. The van der Waals surface area contributed by atoms with Crippen LogP contribution in [0.25, 0.3) is 0 Å². The van der Waals surface area contributed by atoms with Gasteiger partial charge in [-0.25, -0.2) is 4.79 Å². The maximum Gasteiger partial charge on any atom is 0.347 e. The highest BCUT2D eigenvalue weighted by atomic mass is 16.6. The molecule has 0 spiro atoms. The zero-order valence-corrected chi connectivity index (χ0v) is 16.8. The summed E-state index contributed by atoms with van der Waals surface area (Å²) in [6.45, 7) is 5.85. The van der Waals surface area contributed by atoms with Crippen molar-refractivity contribution in [2.75, 3.05) is 6.61 Å². The Morgan fingerprint density at radius 3 is 1.60 bits per heavy atom. The molecule has 0 radical (unpaired) electrons. The molecular formula is C21H40O4. The molecule has 0 bridgehead atoms. The third-order valence-electron chi connectivity index (χ3n) is 4.41. The Labute approximate surface area is 155 Å². The van der Waals surface area contributed by atoms with Gasteiger partial charge in [0.2, 0.25) is 0 Å². The zero-order chi connectivity index (χ0) is 18.8. The van der Waals surface area contributed by atoms with E-state index in [9.17, 15) is 9.59 Å². The largest absolute Gasteiger partial charge is 0.463 e. The van der Waals surface area contributed by atoms with E-state index in [1.165, 1.54) is 70.6 Å². The van der Waals surface area contributed by atoms with E-state index in [0.717, 1.165) is 12.8 Å². The van der Waals surface area contributed by atoms with Crippen molar-refractivity contribution in [2.45, 2.75) is 117 Å². The molecule has 0 aromatic carbocycles. The first-order chi connectivity index (χ1) is 12.1. The lowest BCUT2D eigenvalue weighted by atomic mass is 10.0. The molecule has 148 valence electrons. The van der Waals surface area contributed by atoms with Crippen LogP contribution in [-0.4, -0.2) is 24.6 Å². The molecule has 0 heterocycles. The van der Waals surface area contributed by atoms with Crippen molar-refractivity contribution in [1.82, 2.24) is 0 Å². The van der Waals surface area contributed by atoms with Crippen LogP contribution in [0.5, 0.6) is 0 Å². The molecule has 0 amide bonds. The van der Waals surface area contributed by atoms with Crippen molar-refractivity contribution < 1.29 is 19.1 Å². The van der Waals surface area contributed by atoms with Crippen molar-refractivity contribution >= 4 is 11.9 Å². The van der Waals surface area contributed by atoms with E-state index in [2.05, 4.69) is 6.92 Å². The SMILES string of the molecule is CCCCCCCCCCCCCCCC(=O)OC(C)C(=O)OCC. The first-order valence-electron chi connectivity index (χ1n) is 10.5. The zero-order valence-electron chi connectivity index (χ0n) is 16.8. The lowest BCUT2D eigenvalue weighted by Crippen LogP contribution is -2.26. The van der Waals surface area contributed by atoms with Crippen LogP contribution < -0.4 is 0 Å². The van der Waals surface area contributed by atoms with Gasteiger partial charge in [0.15, 0.2) is 6.10 Å². The first kappa shape index (κ1) is 23.9. The predicted octanol–water partition coefficient (Wildman–Crippen LogP) is 5.96. The number of unbranched alkanes of at least 4 members (excludes halogenated alkanes) is 12. The minimum absolute atomic E-state index is 0.302. The Kier molecular flexibility index (Phi) is 17.0. The average molecular weight is 357 g/mol. The smallest absolute Gasteiger partial charge is 0.347 e. The molecule has 0 N–H and O–H groups in total. The normalized spacial score (nSPS) is 12.0. The van der Waals surface area contributed by atoms with Gasteiger partial charge in [-0.2, -0.15) is 0 Å². The molecule has 1 atom stereocenters. The number of ether oxygens (including phenoxy) is 2. The van der Waals surface area contributed by atoms with E-state index < -0.39 is 12.1 Å². The van der Waals surface area contributed by atoms with Gasteiger partial charge in [0.05, 0.1) is 6.61 Å². The summed E-state index contributed by atoms with van der Waals surface area (Å²) < 4.78 is 9.87. The molecule has 4 nitrogen and oxygen atoms in total. The second-order valence-electron chi connectivity index (χ2n) is 6.88. The molecule has 0 aliphatic rings. The number of carbonyl (C=O) groups is 2. The second kappa shape index (κ2) is 17.8. The van der Waals surface area contributed by atoms with Gasteiger partial charge in [-0.1, -0.05) is 84.0 Å². The monoisotopic (exact) mass is 356 g/mol. The molecule has 0 saturated heterocycles. The first-order valence-corrected chi connectivity index (χ1v) is 10.5. The maximum absolute atomic E-state index is 11.6. The third kappa shape index (κ3) is 16.2. The van der Waals surface area contributed by atoms with Crippen LogP contribution in [0.3, 0.4) is 0 Å². The van der Waals surface area contributed by atoms with E-state index in [1.807, 2.05) is 0 Å². The molecule has 0 aliphatic heterocycles. The molecule has 4 heteroatoms. The Bertz CT molecular complexity index is 328. The topological polar surface area (TPSA) is 52.6 Å². The fourth-order valence-corrected chi connectivity index (χ4v) is 2.85. The molecule has 0 aromatic heterocycles. The van der Waals surface area contributed by atoms with Gasteiger partial charge in [-0.3, -0.25) is 4.79 Å². The summed E-state index contributed by atoms with van der Waals surface area (Å²) in [5, 5.41) is 0.